The van der Waals surface area contributed by atoms with Crippen LogP contribution in [0.4, 0.5) is 5.82 Å². The first-order valence-corrected chi connectivity index (χ1v) is 6.67. The van der Waals surface area contributed by atoms with Gasteiger partial charge in [-0.15, -0.1) is 0 Å². The van der Waals surface area contributed by atoms with E-state index in [1.165, 1.54) is 0 Å². The molecule has 2 rings (SSSR count). The second-order valence-corrected chi connectivity index (χ2v) is 5.24. The van der Waals surface area contributed by atoms with Gasteiger partial charge >= 0.3 is 0 Å². The molecular formula is C14H23N3O. The van der Waals surface area contributed by atoms with Crippen molar-refractivity contribution < 1.29 is 4.74 Å². The van der Waals surface area contributed by atoms with Crippen LogP contribution < -0.4 is 10.6 Å². The molecule has 1 atom stereocenters. The van der Waals surface area contributed by atoms with Crippen LogP contribution in [-0.4, -0.2) is 30.8 Å². The lowest BCUT2D eigenvalue weighted by Crippen LogP contribution is -2.41. The molecule has 0 radical (unpaired) electrons. The number of pyridine rings is 1. The van der Waals surface area contributed by atoms with Crippen molar-refractivity contribution in [3.05, 3.63) is 23.4 Å². The number of aromatic nitrogens is 1. The average molecular weight is 249 g/mol. The van der Waals surface area contributed by atoms with E-state index in [1.807, 2.05) is 0 Å². The fraction of sp³-hybridized carbons (Fsp3) is 0.643. The van der Waals surface area contributed by atoms with Crippen LogP contribution in [0.3, 0.4) is 0 Å². The van der Waals surface area contributed by atoms with Gasteiger partial charge in [0.2, 0.25) is 0 Å². The summed E-state index contributed by atoms with van der Waals surface area (Å²) in [4.78, 5) is 7.04. The van der Waals surface area contributed by atoms with Gasteiger partial charge in [-0.3, -0.25) is 0 Å². The monoisotopic (exact) mass is 249 g/mol. The standard InChI is InChI=1S/C14H23N3O/c1-10(2)13-6-12(8-15)7-14(16-13)17-4-5-18-11(3)9-17/h6-7,10-11H,4-5,8-9,15H2,1-3H3. The first kappa shape index (κ1) is 13.3. The third-order valence-corrected chi connectivity index (χ3v) is 3.28. The minimum Gasteiger partial charge on any atom is -0.375 e. The van der Waals surface area contributed by atoms with E-state index in [-0.39, 0.29) is 6.10 Å². The summed E-state index contributed by atoms with van der Waals surface area (Å²) >= 11 is 0. The Morgan fingerprint density at radius 1 is 1.50 bits per heavy atom. The summed E-state index contributed by atoms with van der Waals surface area (Å²) in [6.07, 6.45) is 0.268. The predicted octanol–water partition coefficient (Wildman–Crippen LogP) is 1.89. The summed E-state index contributed by atoms with van der Waals surface area (Å²) in [5, 5.41) is 0. The number of nitrogens with zero attached hydrogens (tertiary/aromatic N) is 2. The number of anilines is 1. The van der Waals surface area contributed by atoms with Crippen molar-refractivity contribution in [2.45, 2.75) is 39.3 Å². The summed E-state index contributed by atoms with van der Waals surface area (Å²) in [7, 11) is 0. The molecule has 0 saturated carbocycles. The van der Waals surface area contributed by atoms with Gasteiger partial charge in [0.05, 0.1) is 12.7 Å². The average Bonchev–Trinajstić information content (AvgIpc) is 2.38. The topological polar surface area (TPSA) is 51.4 Å². The number of rotatable bonds is 3. The van der Waals surface area contributed by atoms with Crippen LogP contribution in [0.1, 0.15) is 37.9 Å². The molecule has 1 aromatic rings. The highest BCUT2D eigenvalue weighted by Crippen LogP contribution is 2.21. The van der Waals surface area contributed by atoms with Gasteiger partial charge in [0, 0.05) is 25.3 Å². The van der Waals surface area contributed by atoms with E-state index in [2.05, 4.69) is 37.8 Å². The molecule has 4 nitrogen and oxygen atoms in total. The number of hydrogen-bond donors (Lipinski definition) is 1. The van der Waals surface area contributed by atoms with E-state index in [9.17, 15) is 0 Å². The van der Waals surface area contributed by atoms with Crippen molar-refractivity contribution in [3.8, 4) is 0 Å². The van der Waals surface area contributed by atoms with Gasteiger partial charge in [-0.05, 0) is 30.5 Å². The van der Waals surface area contributed by atoms with Crippen molar-refractivity contribution in [3.63, 3.8) is 0 Å². The Bertz CT molecular complexity index is 406. The van der Waals surface area contributed by atoms with Crippen LogP contribution in [0.25, 0.3) is 0 Å². The third-order valence-electron chi connectivity index (χ3n) is 3.28. The van der Waals surface area contributed by atoms with Crippen LogP contribution in [0.2, 0.25) is 0 Å². The van der Waals surface area contributed by atoms with Crippen LogP contribution in [-0.2, 0) is 11.3 Å². The summed E-state index contributed by atoms with van der Waals surface area (Å²) in [6.45, 7) is 9.56. The van der Waals surface area contributed by atoms with Gasteiger partial charge in [0.15, 0.2) is 0 Å². The number of nitrogens with two attached hydrogens (primary N) is 1. The van der Waals surface area contributed by atoms with Gasteiger partial charge in [-0.1, -0.05) is 13.8 Å². The Morgan fingerprint density at radius 2 is 2.28 bits per heavy atom. The predicted molar refractivity (Wildman–Crippen MR) is 73.8 cm³/mol. The largest absolute Gasteiger partial charge is 0.375 e. The minimum atomic E-state index is 0.268. The molecule has 1 aliphatic rings. The van der Waals surface area contributed by atoms with Crippen LogP contribution in [0, 0.1) is 0 Å². The van der Waals surface area contributed by atoms with E-state index in [4.69, 9.17) is 15.5 Å². The molecule has 1 aromatic heterocycles. The fourth-order valence-corrected chi connectivity index (χ4v) is 2.20. The molecule has 0 amide bonds. The number of ether oxygens (including phenoxy) is 1. The van der Waals surface area contributed by atoms with E-state index in [0.717, 1.165) is 36.8 Å². The maximum absolute atomic E-state index is 5.77. The summed E-state index contributed by atoms with van der Waals surface area (Å²) in [6, 6.07) is 4.21. The van der Waals surface area contributed by atoms with Crippen LogP contribution in [0.15, 0.2) is 12.1 Å². The molecule has 1 saturated heterocycles. The van der Waals surface area contributed by atoms with Gasteiger partial charge in [-0.2, -0.15) is 0 Å². The summed E-state index contributed by atoms with van der Waals surface area (Å²) in [5.74, 6) is 1.46. The zero-order valence-corrected chi connectivity index (χ0v) is 11.5. The highest BCUT2D eigenvalue weighted by molar-refractivity contribution is 5.43. The molecule has 2 N–H and O–H groups in total. The molecule has 1 unspecified atom stereocenters. The van der Waals surface area contributed by atoms with Crippen molar-refractivity contribution in [1.82, 2.24) is 4.98 Å². The van der Waals surface area contributed by atoms with Crippen molar-refractivity contribution in [2.24, 2.45) is 5.73 Å². The first-order valence-electron chi connectivity index (χ1n) is 6.67. The SMILES string of the molecule is CC1CN(c2cc(CN)cc(C(C)C)n2)CCO1. The molecule has 1 fully saturated rings. The fourth-order valence-electron chi connectivity index (χ4n) is 2.20. The minimum absolute atomic E-state index is 0.268. The smallest absolute Gasteiger partial charge is 0.129 e. The Balaban J connectivity index is 2.28. The van der Waals surface area contributed by atoms with E-state index in [0.29, 0.717) is 12.5 Å². The van der Waals surface area contributed by atoms with E-state index < -0.39 is 0 Å². The Labute approximate surface area is 109 Å². The third kappa shape index (κ3) is 3.00. The van der Waals surface area contributed by atoms with Gasteiger partial charge in [-0.25, -0.2) is 4.98 Å². The second kappa shape index (κ2) is 5.67. The Morgan fingerprint density at radius 3 is 2.89 bits per heavy atom. The van der Waals surface area contributed by atoms with Crippen molar-refractivity contribution >= 4 is 5.82 Å². The molecule has 4 heteroatoms. The zero-order chi connectivity index (χ0) is 13.1. The molecule has 0 aliphatic carbocycles. The molecule has 0 spiro atoms. The molecule has 0 aromatic carbocycles. The quantitative estimate of drug-likeness (QED) is 0.888. The maximum Gasteiger partial charge on any atom is 0.129 e. The second-order valence-electron chi connectivity index (χ2n) is 5.24. The van der Waals surface area contributed by atoms with E-state index >= 15 is 0 Å². The number of hydrogen-bond acceptors (Lipinski definition) is 4. The highest BCUT2D eigenvalue weighted by atomic mass is 16.5. The Hall–Kier alpha value is -1.13. The maximum atomic E-state index is 5.77. The molecule has 18 heavy (non-hydrogen) atoms. The molecular weight excluding hydrogens is 226 g/mol. The normalized spacial score (nSPS) is 20.5. The van der Waals surface area contributed by atoms with Crippen LogP contribution >= 0.6 is 0 Å². The highest BCUT2D eigenvalue weighted by Gasteiger charge is 2.19. The van der Waals surface area contributed by atoms with Gasteiger partial charge in [0.25, 0.3) is 0 Å². The zero-order valence-electron chi connectivity index (χ0n) is 11.5. The summed E-state index contributed by atoms with van der Waals surface area (Å²) < 4.78 is 5.57. The molecule has 2 heterocycles. The lowest BCUT2D eigenvalue weighted by atomic mass is 10.1. The van der Waals surface area contributed by atoms with Gasteiger partial charge in [0.1, 0.15) is 5.82 Å². The van der Waals surface area contributed by atoms with E-state index in [1.54, 1.807) is 0 Å². The molecule has 100 valence electrons. The van der Waals surface area contributed by atoms with Gasteiger partial charge < -0.3 is 15.4 Å². The molecule has 0 bridgehead atoms. The lowest BCUT2D eigenvalue weighted by Gasteiger charge is -2.32. The van der Waals surface area contributed by atoms with Crippen molar-refractivity contribution in [2.75, 3.05) is 24.6 Å². The lowest BCUT2D eigenvalue weighted by molar-refractivity contribution is 0.0529. The van der Waals surface area contributed by atoms with Crippen LogP contribution in [0.5, 0.6) is 0 Å². The summed E-state index contributed by atoms with van der Waals surface area (Å²) in [5.41, 5.74) is 8.05. The number of morpholine rings is 1. The van der Waals surface area contributed by atoms with Crippen molar-refractivity contribution in [1.29, 1.82) is 0 Å². The first-order chi connectivity index (χ1) is 8.60. The Kier molecular flexibility index (Phi) is 4.19. The molecule has 1 aliphatic heterocycles.